The summed E-state index contributed by atoms with van der Waals surface area (Å²) in [6, 6.07) is 5.87. The molecule has 9 nitrogen and oxygen atoms in total. The quantitative estimate of drug-likeness (QED) is 0.342. The molecule has 0 aliphatic carbocycles. The van der Waals surface area contributed by atoms with Crippen molar-refractivity contribution in [2.24, 2.45) is 17.4 Å². The molecule has 3 amide bonds. The molecule has 28 heavy (non-hydrogen) atoms. The third kappa shape index (κ3) is 7.36. The number of carbonyl (C=O) groups is 4. The number of carboxylic acids is 1. The molecule has 1 aromatic carbocycles. The molecule has 0 radical (unpaired) electrons. The number of hydrogen-bond donors (Lipinski definition) is 5. The first-order valence-electron chi connectivity index (χ1n) is 9.07. The van der Waals surface area contributed by atoms with E-state index in [-0.39, 0.29) is 5.92 Å². The van der Waals surface area contributed by atoms with Gasteiger partial charge in [-0.2, -0.15) is 0 Å². The number of nitrogens with two attached hydrogens (primary N) is 2. The van der Waals surface area contributed by atoms with E-state index < -0.39 is 48.2 Å². The number of aliphatic carboxylic acids is 1. The van der Waals surface area contributed by atoms with Gasteiger partial charge in [0, 0.05) is 0 Å². The minimum atomic E-state index is -1.47. The van der Waals surface area contributed by atoms with Crippen molar-refractivity contribution in [1.82, 2.24) is 10.6 Å². The van der Waals surface area contributed by atoms with Crippen LogP contribution in [0.5, 0.6) is 0 Å². The highest BCUT2D eigenvalue weighted by Crippen LogP contribution is 2.10. The number of hydrogen-bond acceptors (Lipinski definition) is 5. The summed E-state index contributed by atoms with van der Waals surface area (Å²) in [6.07, 6.45) is 0.302. The lowest BCUT2D eigenvalue weighted by Crippen LogP contribution is -2.57. The van der Waals surface area contributed by atoms with Gasteiger partial charge < -0.3 is 27.2 Å². The fourth-order valence-electron chi connectivity index (χ4n) is 2.59. The Morgan fingerprint density at radius 3 is 2.18 bits per heavy atom. The highest BCUT2D eigenvalue weighted by atomic mass is 16.4. The van der Waals surface area contributed by atoms with Gasteiger partial charge in [0.25, 0.3) is 0 Å². The Kier molecular flexibility index (Phi) is 9.10. The molecule has 0 fully saturated rings. The fraction of sp³-hybridized carbons (Fsp3) is 0.474. The van der Waals surface area contributed by atoms with E-state index in [4.69, 9.17) is 16.6 Å². The molecule has 0 aliphatic rings. The molecule has 4 atom stereocenters. The Labute approximate surface area is 163 Å². The van der Waals surface area contributed by atoms with Crippen molar-refractivity contribution < 1.29 is 24.3 Å². The summed E-state index contributed by atoms with van der Waals surface area (Å²) < 4.78 is 0. The first-order chi connectivity index (χ1) is 13.1. The van der Waals surface area contributed by atoms with Gasteiger partial charge in [-0.3, -0.25) is 14.4 Å². The van der Waals surface area contributed by atoms with Crippen LogP contribution in [0.4, 0.5) is 0 Å². The minimum absolute atomic E-state index is 0.282. The fourth-order valence-corrected chi connectivity index (χ4v) is 2.59. The zero-order valence-corrected chi connectivity index (χ0v) is 16.1. The van der Waals surface area contributed by atoms with Crippen LogP contribution < -0.4 is 22.1 Å². The first-order valence-corrected chi connectivity index (χ1v) is 9.07. The number of primary amides is 1. The van der Waals surface area contributed by atoms with Gasteiger partial charge in [0.15, 0.2) is 0 Å². The second-order valence-electron chi connectivity index (χ2n) is 6.74. The van der Waals surface area contributed by atoms with E-state index in [1.54, 1.807) is 6.92 Å². The molecule has 0 bridgehead atoms. The van der Waals surface area contributed by atoms with E-state index in [0.29, 0.717) is 12.8 Å². The third-order valence-corrected chi connectivity index (χ3v) is 4.45. The lowest BCUT2D eigenvalue weighted by Gasteiger charge is -2.26. The van der Waals surface area contributed by atoms with Gasteiger partial charge in [-0.25, -0.2) is 4.79 Å². The number of carboxylic acid groups (broad SMARTS) is 1. The van der Waals surface area contributed by atoms with Crippen molar-refractivity contribution in [3.8, 4) is 0 Å². The van der Waals surface area contributed by atoms with Crippen molar-refractivity contribution in [1.29, 1.82) is 0 Å². The maximum atomic E-state index is 12.6. The molecule has 0 aliphatic heterocycles. The molecule has 7 N–H and O–H groups in total. The zero-order chi connectivity index (χ0) is 21.3. The van der Waals surface area contributed by atoms with Gasteiger partial charge in [-0.15, -0.1) is 0 Å². The van der Waals surface area contributed by atoms with E-state index in [9.17, 15) is 19.2 Å². The van der Waals surface area contributed by atoms with Crippen LogP contribution in [0.1, 0.15) is 32.3 Å². The molecule has 1 aromatic rings. The van der Waals surface area contributed by atoms with Crippen LogP contribution in [0, 0.1) is 5.92 Å². The number of benzene rings is 1. The summed E-state index contributed by atoms with van der Waals surface area (Å²) in [5.74, 6) is -3.76. The van der Waals surface area contributed by atoms with Crippen LogP contribution >= 0.6 is 0 Å². The Bertz CT molecular complexity index is 695. The third-order valence-electron chi connectivity index (χ3n) is 4.45. The Morgan fingerprint density at radius 1 is 1.07 bits per heavy atom. The van der Waals surface area contributed by atoms with Crippen LogP contribution in [0.15, 0.2) is 30.3 Å². The topological polar surface area (TPSA) is 165 Å². The largest absolute Gasteiger partial charge is 0.480 e. The van der Waals surface area contributed by atoms with Gasteiger partial charge in [0.05, 0.1) is 12.5 Å². The summed E-state index contributed by atoms with van der Waals surface area (Å²) in [7, 11) is 0. The van der Waals surface area contributed by atoms with Gasteiger partial charge in [0.1, 0.15) is 12.1 Å². The standard InChI is InChI=1S/C19H28N4O5/c1-3-11(2)16(18(26)22-14(19(27)28)10-15(21)24)23-17(25)13(20)9-12-7-5-4-6-8-12/h4-8,11,13-14,16H,3,9-10,20H2,1-2H3,(H2,21,24)(H,22,26)(H,23,25)(H,27,28)/t11-,13-,14-,16-/m0/s1. The molecule has 0 saturated heterocycles. The van der Waals surface area contributed by atoms with Crippen molar-refractivity contribution in [2.75, 3.05) is 0 Å². The lowest BCUT2D eigenvalue weighted by atomic mass is 9.96. The van der Waals surface area contributed by atoms with E-state index >= 15 is 0 Å². The molecule has 0 heterocycles. The van der Waals surface area contributed by atoms with Crippen LogP contribution in [-0.2, 0) is 25.6 Å². The molecular formula is C19H28N4O5. The molecule has 154 valence electrons. The van der Waals surface area contributed by atoms with Gasteiger partial charge >= 0.3 is 5.97 Å². The van der Waals surface area contributed by atoms with Crippen LogP contribution in [0.3, 0.4) is 0 Å². The number of carbonyl (C=O) groups excluding carboxylic acids is 3. The van der Waals surface area contributed by atoms with E-state index in [0.717, 1.165) is 5.56 Å². The van der Waals surface area contributed by atoms with Gasteiger partial charge in [0.2, 0.25) is 17.7 Å². The van der Waals surface area contributed by atoms with E-state index in [1.165, 1.54) is 0 Å². The first kappa shape index (κ1) is 23.1. The van der Waals surface area contributed by atoms with Crippen LogP contribution in [0.25, 0.3) is 0 Å². The molecule has 9 heteroatoms. The Balaban J connectivity index is 2.83. The van der Waals surface area contributed by atoms with E-state index in [1.807, 2.05) is 37.3 Å². The van der Waals surface area contributed by atoms with Crippen molar-refractivity contribution in [2.45, 2.75) is 51.2 Å². The smallest absolute Gasteiger partial charge is 0.326 e. The van der Waals surface area contributed by atoms with Crippen molar-refractivity contribution >= 4 is 23.7 Å². The number of rotatable bonds is 11. The SMILES string of the molecule is CC[C@H](C)[C@H](NC(=O)[C@@H](N)Cc1ccccc1)C(=O)N[C@@H](CC(N)=O)C(=O)O. The number of nitrogens with one attached hydrogen (secondary N) is 2. The average molecular weight is 392 g/mol. The molecule has 0 spiro atoms. The lowest BCUT2D eigenvalue weighted by molar-refractivity contribution is -0.144. The molecule has 0 saturated carbocycles. The number of amides is 3. The summed E-state index contributed by atoms with van der Waals surface area (Å²) >= 11 is 0. The predicted octanol–water partition coefficient (Wildman–Crippen LogP) is -0.468. The van der Waals surface area contributed by atoms with Crippen molar-refractivity contribution in [3.05, 3.63) is 35.9 Å². The monoisotopic (exact) mass is 392 g/mol. The summed E-state index contributed by atoms with van der Waals surface area (Å²) in [4.78, 5) is 47.3. The van der Waals surface area contributed by atoms with Crippen LogP contribution in [0.2, 0.25) is 0 Å². The highest BCUT2D eigenvalue weighted by Gasteiger charge is 2.31. The molecular weight excluding hydrogens is 364 g/mol. The normalized spacial score (nSPS) is 15.0. The summed E-state index contributed by atoms with van der Waals surface area (Å²) in [5, 5.41) is 14.0. The molecule has 1 rings (SSSR count). The van der Waals surface area contributed by atoms with Crippen molar-refractivity contribution in [3.63, 3.8) is 0 Å². The Morgan fingerprint density at radius 2 is 1.68 bits per heavy atom. The second kappa shape index (κ2) is 11.0. The van der Waals surface area contributed by atoms with Crippen LogP contribution in [-0.4, -0.2) is 46.9 Å². The minimum Gasteiger partial charge on any atom is -0.480 e. The Hall–Kier alpha value is -2.94. The summed E-state index contributed by atoms with van der Waals surface area (Å²) in [6.45, 7) is 3.58. The zero-order valence-electron chi connectivity index (χ0n) is 16.1. The van der Waals surface area contributed by atoms with Gasteiger partial charge in [-0.05, 0) is 17.9 Å². The van der Waals surface area contributed by atoms with Gasteiger partial charge in [-0.1, -0.05) is 50.6 Å². The molecule has 0 aromatic heterocycles. The molecule has 0 unspecified atom stereocenters. The second-order valence-corrected chi connectivity index (χ2v) is 6.74. The average Bonchev–Trinajstić information content (AvgIpc) is 2.64. The van der Waals surface area contributed by atoms with E-state index in [2.05, 4.69) is 10.6 Å². The summed E-state index contributed by atoms with van der Waals surface area (Å²) in [5.41, 5.74) is 11.9. The maximum absolute atomic E-state index is 12.6. The highest BCUT2D eigenvalue weighted by molar-refractivity contribution is 5.93. The predicted molar refractivity (Wildman–Crippen MR) is 103 cm³/mol. The maximum Gasteiger partial charge on any atom is 0.326 e.